The van der Waals surface area contributed by atoms with Gasteiger partial charge in [-0.1, -0.05) is 30.3 Å². The molecule has 1 aromatic carbocycles. The number of carbonyl (C=O) groups is 2. The van der Waals surface area contributed by atoms with Gasteiger partial charge in [0.05, 0.1) is 5.56 Å². The molecule has 0 bridgehead atoms. The van der Waals surface area contributed by atoms with E-state index < -0.39 is 35.5 Å². The molecule has 0 spiro atoms. The lowest BCUT2D eigenvalue weighted by molar-refractivity contribution is -0.140. The molecule has 1 aliphatic heterocycles. The first kappa shape index (κ1) is 21.4. The van der Waals surface area contributed by atoms with Gasteiger partial charge in [0.25, 0.3) is 11.5 Å². The Morgan fingerprint density at radius 3 is 2.53 bits per heavy atom. The molecule has 1 aliphatic rings. The van der Waals surface area contributed by atoms with Crippen molar-refractivity contribution >= 4 is 17.6 Å². The van der Waals surface area contributed by atoms with Crippen LogP contribution in [0.2, 0.25) is 0 Å². The van der Waals surface area contributed by atoms with Crippen molar-refractivity contribution in [1.82, 2.24) is 24.8 Å². The third kappa shape index (κ3) is 3.67. The average molecular weight is 449 g/mol. The van der Waals surface area contributed by atoms with E-state index in [1.54, 1.807) is 18.2 Å². The van der Waals surface area contributed by atoms with Crippen molar-refractivity contribution in [2.24, 2.45) is 0 Å². The van der Waals surface area contributed by atoms with E-state index in [1.807, 2.05) is 0 Å². The quantitative estimate of drug-likeness (QED) is 0.568. The highest BCUT2D eigenvalue weighted by Crippen LogP contribution is 2.38. The zero-order valence-electron chi connectivity index (χ0n) is 16.7. The van der Waals surface area contributed by atoms with Gasteiger partial charge in [-0.05, 0) is 18.9 Å². The van der Waals surface area contributed by atoms with Gasteiger partial charge in [-0.2, -0.15) is 22.8 Å². The molecule has 0 radical (unpaired) electrons. The molecule has 32 heavy (non-hydrogen) atoms. The van der Waals surface area contributed by atoms with Crippen LogP contribution in [0.15, 0.2) is 35.1 Å². The van der Waals surface area contributed by atoms with Crippen molar-refractivity contribution in [3.8, 4) is 11.1 Å². The van der Waals surface area contributed by atoms with Crippen LogP contribution < -0.4 is 10.9 Å². The Morgan fingerprint density at radius 2 is 1.94 bits per heavy atom. The lowest BCUT2D eigenvalue weighted by atomic mass is 10.1. The Hall–Kier alpha value is -3.83. The molecular weight excluding hydrogens is 431 g/mol. The molecule has 0 saturated carbocycles. The molecule has 4 rings (SSSR count). The van der Waals surface area contributed by atoms with Gasteiger partial charge in [0, 0.05) is 24.8 Å². The Balaban J connectivity index is 1.80. The summed E-state index contributed by atoms with van der Waals surface area (Å²) in [5.41, 5.74) is -2.84. The van der Waals surface area contributed by atoms with Crippen molar-refractivity contribution in [2.45, 2.75) is 25.6 Å². The van der Waals surface area contributed by atoms with E-state index >= 15 is 0 Å². The first-order valence-electron chi connectivity index (χ1n) is 9.65. The highest BCUT2D eigenvalue weighted by molar-refractivity contribution is 5.95. The number of carbonyl (C=O) groups excluding carboxylic acids is 1. The van der Waals surface area contributed by atoms with Gasteiger partial charge in [-0.15, -0.1) is 0 Å². The van der Waals surface area contributed by atoms with Crippen LogP contribution in [0.4, 0.5) is 18.0 Å². The Kier molecular flexibility index (Phi) is 5.15. The molecule has 1 fully saturated rings. The molecule has 1 atom stereocenters. The van der Waals surface area contributed by atoms with Crippen LogP contribution in [-0.2, 0) is 6.18 Å². The van der Waals surface area contributed by atoms with Gasteiger partial charge < -0.3 is 20.3 Å². The zero-order valence-corrected chi connectivity index (χ0v) is 16.7. The lowest BCUT2D eigenvalue weighted by Gasteiger charge is -2.14. The number of carboxylic acid groups (broad SMARTS) is 1. The van der Waals surface area contributed by atoms with Gasteiger partial charge in [0.2, 0.25) is 0 Å². The second kappa shape index (κ2) is 7.70. The van der Waals surface area contributed by atoms with Crippen molar-refractivity contribution in [3.63, 3.8) is 0 Å². The summed E-state index contributed by atoms with van der Waals surface area (Å²) in [5, 5.41) is 15.1. The summed E-state index contributed by atoms with van der Waals surface area (Å²) in [6.07, 6.45) is -5.60. The molecule has 2 amide bonds. The van der Waals surface area contributed by atoms with Crippen LogP contribution in [0, 0.1) is 6.92 Å². The third-order valence-corrected chi connectivity index (χ3v) is 5.32. The number of hydrogen-bond acceptors (Lipinski definition) is 4. The largest absolute Gasteiger partial charge is 0.465 e. The van der Waals surface area contributed by atoms with Crippen LogP contribution in [0.3, 0.4) is 0 Å². The number of fused-ring (bicyclic) bond motifs is 1. The van der Waals surface area contributed by atoms with Gasteiger partial charge >= 0.3 is 12.3 Å². The Labute approximate surface area is 178 Å². The Bertz CT molecular complexity index is 1270. The molecule has 0 unspecified atom stereocenters. The number of hydrogen-bond donors (Lipinski definition) is 3. The zero-order chi connectivity index (χ0) is 23.2. The predicted molar refractivity (Wildman–Crippen MR) is 106 cm³/mol. The lowest BCUT2D eigenvalue weighted by Crippen LogP contribution is -2.41. The number of likely N-dealkylation sites (tertiary alicyclic amines) is 1. The van der Waals surface area contributed by atoms with E-state index in [1.165, 1.54) is 19.1 Å². The monoisotopic (exact) mass is 449 g/mol. The highest BCUT2D eigenvalue weighted by Gasteiger charge is 2.39. The van der Waals surface area contributed by atoms with E-state index in [0.29, 0.717) is 10.9 Å². The number of halogens is 3. The molecule has 3 heterocycles. The number of aromatic amines is 1. The van der Waals surface area contributed by atoms with Crippen LogP contribution >= 0.6 is 0 Å². The van der Waals surface area contributed by atoms with Crippen LogP contribution in [0.25, 0.3) is 16.8 Å². The predicted octanol–water partition coefficient (Wildman–Crippen LogP) is 2.50. The number of alkyl halides is 3. The number of nitrogens with zero attached hydrogens (tertiary/aromatic N) is 3. The van der Waals surface area contributed by atoms with E-state index in [0.717, 1.165) is 4.90 Å². The van der Waals surface area contributed by atoms with E-state index in [2.05, 4.69) is 15.4 Å². The minimum absolute atomic E-state index is 0.0540. The molecule has 0 aliphatic carbocycles. The van der Waals surface area contributed by atoms with Crippen LogP contribution in [0.5, 0.6) is 0 Å². The minimum Gasteiger partial charge on any atom is -0.465 e. The molecule has 2 aromatic heterocycles. The molecule has 12 heteroatoms. The van der Waals surface area contributed by atoms with Crippen molar-refractivity contribution in [3.05, 3.63) is 57.6 Å². The molecule has 3 aromatic rings. The van der Waals surface area contributed by atoms with Gasteiger partial charge in [-0.3, -0.25) is 9.59 Å². The summed E-state index contributed by atoms with van der Waals surface area (Å²) in [5.74, 6) is -0.812. The van der Waals surface area contributed by atoms with Crippen LogP contribution in [0.1, 0.15) is 28.2 Å². The summed E-state index contributed by atoms with van der Waals surface area (Å²) in [6.45, 7) is 1.69. The van der Waals surface area contributed by atoms with Crippen molar-refractivity contribution in [2.75, 3.05) is 13.1 Å². The van der Waals surface area contributed by atoms with E-state index in [-0.39, 0.29) is 41.1 Å². The minimum atomic E-state index is -4.84. The van der Waals surface area contributed by atoms with E-state index in [9.17, 15) is 27.6 Å². The second-order valence-electron chi connectivity index (χ2n) is 7.47. The maximum Gasteiger partial charge on any atom is 0.435 e. The SMILES string of the molecule is Cc1[nH]c2c(-c3ccccc3)c(C(F)(F)F)nn2c(=O)c1C(=O)N[C@H]1CCN(C(=O)O)C1. The van der Waals surface area contributed by atoms with Crippen molar-refractivity contribution in [1.29, 1.82) is 0 Å². The van der Waals surface area contributed by atoms with Gasteiger partial charge in [0.1, 0.15) is 11.2 Å². The van der Waals surface area contributed by atoms with Crippen molar-refractivity contribution < 1.29 is 27.9 Å². The number of benzene rings is 1. The van der Waals surface area contributed by atoms with Gasteiger partial charge in [0.15, 0.2) is 5.69 Å². The maximum atomic E-state index is 13.7. The second-order valence-corrected chi connectivity index (χ2v) is 7.47. The summed E-state index contributed by atoms with van der Waals surface area (Å²) in [4.78, 5) is 40.7. The first-order valence-corrected chi connectivity index (χ1v) is 9.65. The molecule has 168 valence electrons. The maximum absolute atomic E-state index is 13.7. The smallest absolute Gasteiger partial charge is 0.435 e. The fraction of sp³-hybridized carbons (Fsp3) is 0.300. The van der Waals surface area contributed by atoms with Gasteiger partial charge in [-0.25, -0.2) is 4.79 Å². The number of nitrogens with one attached hydrogen (secondary N) is 2. The summed E-state index contributed by atoms with van der Waals surface area (Å²) < 4.78 is 41.7. The topological polar surface area (TPSA) is 120 Å². The number of rotatable bonds is 3. The molecule has 1 saturated heterocycles. The summed E-state index contributed by atoms with van der Waals surface area (Å²) >= 11 is 0. The first-order chi connectivity index (χ1) is 15.1. The molecule has 9 nitrogen and oxygen atoms in total. The molecule has 3 N–H and O–H groups in total. The normalized spacial score (nSPS) is 16.5. The number of amides is 2. The number of aromatic nitrogens is 3. The summed E-state index contributed by atoms with van der Waals surface area (Å²) in [7, 11) is 0. The van der Waals surface area contributed by atoms with Crippen LogP contribution in [-0.4, -0.2) is 55.7 Å². The third-order valence-electron chi connectivity index (χ3n) is 5.32. The highest BCUT2D eigenvalue weighted by atomic mass is 19.4. The fourth-order valence-electron chi connectivity index (χ4n) is 3.84. The molecular formula is C20H18F3N5O4. The average Bonchev–Trinajstić information content (AvgIpc) is 3.33. The number of H-pyrrole nitrogens is 1. The number of aryl methyl sites for hydroxylation is 1. The Morgan fingerprint density at radius 1 is 1.25 bits per heavy atom. The summed E-state index contributed by atoms with van der Waals surface area (Å²) in [6, 6.07) is 7.19. The standard InChI is InChI=1S/C20H18F3N5O4/c1-10-13(17(29)25-12-7-8-27(9-12)19(31)32)18(30)28-16(24-10)14(11-5-3-2-4-6-11)15(26-28)20(21,22)23/h2-6,12,24H,7-9H2,1H3,(H,25,29)(H,31,32)/t12-/m0/s1. The fourth-order valence-corrected chi connectivity index (χ4v) is 3.84. The van der Waals surface area contributed by atoms with E-state index in [4.69, 9.17) is 5.11 Å².